The second-order valence-electron chi connectivity index (χ2n) is 4.43. The number of nitrogens with two attached hydrogens (primary N) is 1. The number of amidine groups is 1. The van der Waals surface area contributed by atoms with E-state index in [0.29, 0.717) is 16.8 Å². The van der Waals surface area contributed by atoms with Crippen LogP contribution in [0.4, 0.5) is 5.69 Å². The fourth-order valence-corrected chi connectivity index (χ4v) is 1.92. The summed E-state index contributed by atoms with van der Waals surface area (Å²) in [5, 5.41) is 23.7. The first-order valence-corrected chi connectivity index (χ1v) is 6.25. The van der Waals surface area contributed by atoms with Crippen LogP contribution in [0.3, 0.4) is 0 Å². The first kappa shape index (κ1) is 14.4. The van der Waals surface area contributed by atoms with Crippen molar-refractivity contribution in [3.05, 3.63) is 59.7 Å². The summed E-state index contributed by atoms with van der Waals surface area (Å²) in [6.45, 7) is 0. The minimum absolute atomic E-state index is 0.0803. The van der Waals surface area contributed by atoms with Crippen LogP contribution in [0.25, 0.3) is 0 Å². The van der Waals surface area contributed by atoms with Gasteiger partial charge in [0.25, 0.3) is 0 Å². The maximum atomic E-state index is 12.0. The van der Waals surface area contributed by atoms with Gasteiger partial charge in [-0.25, -0.2) is 0 Å². The third kappa shape index (κ3) is 3.73. The topological polar surface area (TPSA) is 108 Å². The molecule has 2 aromatic rings. The third-order valence-electron chi connectivity index (χ3n) is 2.86. The molecular weight excluding hydrogens is 270 g/mol. The molecule has 0 aliphatic carbocycles. The SMILES string of the molecule is N/C(=N\O)c1ccccc1NC(=O)Cc1cccc(O)c1. The zero-order chi connectivity index (χ0) is 15.2. The molecule has 0 heterocycles. The number of nitrogens with zero attached hydrogens (tertiary/aromatic N) is 1. The molecule has 5 N–H and O–H groups in total. The van der Waals surface area contributed by atoms with Crippen LogP contribution in [-0.2, 0) is 11.2 Å². The lowest BCUT2D eigenvalue weighted by Gasteiger charge is -2.10. The summed E-state index contributed by atoms with van der Waals surface area (Å²) >= 11 is 0. The monoisotopic (exact) mass is 285 g/mol. The Morgan fingerprint density at radius 2 is 1.95 bits per heavy atom. The van der Waals surface area contributed by atoms with Gasteiger partial charge in [0.1, 0.15) is 5.75 Å². The number of phenols is 1. The molecule has 6 heteroatoms. The summed E-state index contributed by atoms with van der Waals surface area (Å²) in [7, 11) is 0. The number of nitrogens with one attached hydrogen (secondary N) is 1. The van der Waals surface area contributed by atoms with Crippen molar-refractivity contribution in [2.45, 2.75) is 6.42 Å². The van der Waals surface area contributed by atoms with Crippen molar-refractivity contribution >= 4 is 17.4 Å². The van der Waals surface area contributed by atoms with Crippen molar-refractivity contribution < 1.29 is 15.1 Å². The average molecular weight is 285 g/mol. The fourth-order valence-electron chi connectivity index (χ4n) is 1.92. The number of hydrogen-bond acceptors (Lipinski definition) is 4. The lowest BCUT2D eigenvalue weighted by molar-refractivity contribution is -0.115. The summed E-state index contributed by atoms with van der Waals surface area (Å²) < 4.78 is 0. The average Bonchev–Trinajstić information content (AvgIpc) is 2.47. The van der Waals surface area contributed by atoms with Crippen molar-refractivity contribution in [3.63, 3.8) is 0 Å². The van der Waals surface area contributed by atoms with Crippen LogP contribution in [0.1, 0.15) is 11.1 Å². The number of para-hydroxylation sites is 1. The van der Waals surface area contributed by atoms with Crippen LogP contribution >= 0.6 is 0 Å². The van der Waals surface area contributed by atoms with E-state index in [4.69, 9.17) is 10.9 Å². The molecule has 0 aliphatic heterocycles. The molecule has 108 valence electrons. The van der Waals surface area contributed by atoms with Gasteiger partial charge in [-0.2, -0.15) is 0 Å². The van der Waals surface area contributed by atoms with E-state index in [0.717, 1.165) is 0 Å². The van der Waals surface area contributed by atoms with E-state index in [1.54, 1.807) is 36.4 Å². The molecule has 2 rings (SSSR count). The first-order valence-electron chi connectivity index (χ1n) is 6.25. The molecule has 21 heavy (non-hydrogen) atoms. The Balaban J connectivity index is 2.13. The smallest absolute Gasteiger partial charge is 0.228 e. The van der Waals surface area contributed by atoms with Crippen LogP contribution in [0, 0.1) is 0 Å². The molecule has 6 nitrogen and oxygen atoms in total. The summed E-state index contributed by atoms with van der Waals surface area (Å²) in [4.78, 5) is 12.0. The second-order valence-corrected chi connectivity index (χ2v) is 4.43. The van der Waals surface area contributed by atoms with E-state index >= 15 is 0 Å². The van der Waals surface area contributed by atoms with E-state index in [-0.39, 0.29) is 23.9 Å². The third-order valence-corrected chi connectivity index (χ3v) is 2.86. The quantitative estimate of drug-likeness (QED) is 0.296. The lowest BCUT2D eigenvalue weighted by atomic mass is 10.1. The highest BCUT2D eigenvalue weighted by atomic mass is 16.4. The van der Waals surface area contributed by atoms with Crippen LogP contribution in [-0.4, -0.2) is 22.1 Å². The number of carbonyl (C=O) groups excluding carboxylic acids is 1. The Morgan fingerprint density at radius 3 is 2.67 bits per heavy atom. The lowest BCUT2D eigenvalue weighted by Crippen LogP contribution is -2.20. The molecular formula is C15H15N3O3. The van der Waals surface area contributed by atoms with Gasteiger partial charge >= 0.3 is 0 Å². The molecule has 0 saturated carbocycles. The molecule has 0 unspecified atom stereocenters. The standard InChI is InChI=1S/C15H15N3O3/c16-15(18-21)12-6-1-2-7-13(12)17-14(20)9-10-4-3-5-11(19)8-10/h1-8,19,21H,9H2,(H2,16,18)(H,17,20). The number of carbonyl (C=O) groups is 1. The van der Waals surface area contributed by atoms with Gasteiger partial charge in [0.15, 0.2) is 5.84 Å². The minimum atomic E-state index is -0.265. The Kier molecular flexibility index (Phi) is 4.40. The van der Waals surface area contributed by atoms with Gasteiger partial charge in [-0.15, -0.1) is 0 Å². The van der Waals surface area contributed by atoms with E-state index in [9.17, 15) is 9.90 Å². The number of aromatic hydroxyl groups is 1. The van der Waals surface area contributed by atoms with Crippen LogP contribution in [0.15, 0.2) is 53.7 Å². The molecule has 1 amide bonds. The van der Waals surface area contributed by atoms with Crippen molar-refractivity contribution in [1.82, 2.24) is 0 Å². The number of anilines is 1. The maximum absolute atomic E-state index is 12.0. The van der Waals surface area contributed by atoms with Gasteiger partial charge in [0, 0.05) is 5.56 Å². The molecule has 0 radical (unpaired) electrons. The van der Waals surface area contributed by atoms with E-state index in [2.05, 4.69) is 10.5 Å². The van der Waals surface area contributed by atoms with Gasteiger partial charge < -0.3 is 21.4 Å². The van der Waals surface area contributed by atoms with Gasteiger partial charge in [0.2, 0.25) is 5.91 Å². The highest BCUT2D eigenvalue weighted by Crippen LogP contribution is 2.16. The van der Waals surface area contributed by atoms with Gasteiger partial charge in [-0.1, -0.05) is 29.4 Å². The van der Waals surface area contributed by atoms with Crippen LogP contribution in [0.2, 0.25) is 0 Å². The summed E-state index contributed by atoms with van der Waals surface area (Å²) in [5.74, 6) is -0.237. The van der Waals surface area contributed by atoms with E-state index in [1.807, 2.05) is 0 Å². The van der Waals surface area contributed by atoms with Gasteiger partial charge in [-0.05, 0) is 29.8 Å². The molecule has 0 fully saturated rings. The summed E-state index contributed by atoms with van der Waals surface area (Å²) in [5.41, 5.74) is 7.14. The van der Waals surface area contributed by atoms with Crippen LogP contribution < -0.4 is 11.1 Å². The predicted octanol–water partition coefficient (Wildman–Crippen LogP) is 1.67. The van der Waals surface area contributed by atoms with Gasteiger partial charge in [0.05, 0.1) is 12.1 Å². The predicted molar refractivity (Wildman–Crippen MR) is 79.4 cm³/mol. The molecule has 0 saturated heterocycles. The fraction of sp³-hybridized carbons (Fsp3) is 0.0667. The van der Waals surface area contributed by atoms with E-state index < -0.39 is 0 Å². The number of rotatable bonds is 4. The Labute approximate surface area is 121 Å². The molecule has 0 bridgehead atoms. The maximum Gasteiger partial charge on any atom is 0.228 e. The van der Waals surface area contributed by atoms with Crippen LogP contribution in [0.5, 0.6) is 5.75 Å². The molecule has 0 aromatic heterocycles. The normalized spacial score (nSPS) is 11.1. The zero-order valence-electron chi connectivity index (χ0n) is 11.2. The number of hydrogen-bond donors (Lipinski definition) is 4. The number of amides is 1. The summed E-state index contributed by atoms with van der Waals surface area (Å²) in [6.07, 6.45) is 0.110. The van der Waals surface area contributed by atoms with Crippen molar-refractivity contribution in [2.75, 3.05) is 5.32 Å². The molecule has 0 aliphatic rings. The Morgan fingerprint density at radius 1 is 1.19 bits per heavy atom. The Bertz CT molecular complexity index is 683. The first-order chi connectivity index (χ1) is 10.1. The van der Waals surface area contributed by atoms with Crippen molar-refractivity contribution in [2.24, 2.45) is 10.9 Å². The molecule has 2 aromatic carbocycles. The van der Waals surface area contributed by atoms with E-state index in [1.165, 1.54) is 12.1 Å². The number of oxime groups is 1. The zero-order valence-corrected chi connectivity index (χ0v) is 11.2. The second kappa shape index (κ2) is 6.42. The number of benzene rings is 2. The highest BCUT2D eigenvalue weighted by molar-refractivity contribution is 6.05. The Hall–Kier alpha value is -3.02. The largest absolute Gasteiger partial charge is 0.508 e. The molecule has 0 atom stereocenters. The highest BCUT2D eigenvalue weighted by Gasteiger charge is 2.10. The summed E-state index contributed by atoms with van der Waals surface area (Å²) in [6, 6.07) is 13.2. The van der Waals surface area contributed by atoms with Crippen molar-refractivity contribution in [3.8, 4) is 5.75 Å². The van der Waals surface area contributed by atoms with Gasteiger partial charge in [-0.3, -0.25) is 4.79 Å². The number of phenolic OH excluding ortho intramolecular Hbond substituents is 1. The molecule has 0 spiro atoms. The minimum Gasteiger partial charge on any atom is -0.508 e. The van der Waals surface area contributed by atoms with Crippen molar-refractivity contribution in [1.29, 1.82) is 0 Å².